The van der Waals surface area contributed by atoms with E-state index >= 15 is 0 Å². The quantitative estimate of drug-likeness (QED) is 0.783. The summed E-state index contributed by atoms with van der Waals surface area (Å²) in [6.07, 6.45) is 2.04. The number of aromatic nitrogens is 1. The molecule has 1 amide bonds. The third-order valence-corrected chi connectivity index (χ3v) is 3.53. The Morgan fingerprint density at radius 2 is 2.21 bits per heavy atom. The Kier molecular flexibility index (Phi) is 5.13. The van der Waals surface area contributed by atoms with Gasteiger partial charge < -0.3 is 11.1 Å². The molecule has 1 aliphatic rings. The highest BCUT2D eigenvalue weighted by atomic mass is 35.5. The van der Waals surface area contributed by atoms with E-state index < -0.39 is 0 Å². The van der Waals surface area contributed by atoms with Crippen molar-refractivity contribution in [3.8, 4) is 0 Å². The molecule has 0 unspecified atom stereocenters. The third-order valence-electron chi connectivity index (χ3n) is 3.32. The van der Waals surface area contributed by atoms with Gasteiger partial charge in [-0.25, -0.2) is 4.98 Å². The van der Waals surface area contributed by atoms with E-state index in [4.69, 9.17) is 17.3 Å². The fourth-order valence-corrected chi connectivity index (χ4v) is 2.61. The van der Waals surface area contributed by atoms with Crippen molar-refractivity contribution >= 4 is 17.5 Å². The molecular formula is C13H19ClN4O. The van der Waals surface area contributed by atoms with Gasteiger partial charge in [-0.3, -0.25) is 9.69 Å². The number of piperidine rings is 1. The highest BCUT2D eigenvalue weighted by Crippen LogP contribution is 2.15. The molecule has 2 heterocycles. The second-order valence-corrected chi connectivity index (χ2v) is 5.19. The zero-order valence-corrected chi connectivity index (χ0v) is 11.6. The van der Waals surface area contributed by atoms with Gasteiger partial charge in [0.25, 0.3) is 0 Å². The predicted molar refractivity (Wildman–Crippen MR) is 74.7 cm³/mol. The van der Waals surface area contributed by atoms with E-state index in [1.807, 2.05) is 12.1 Å². The van der Waals surface area contributed by atoms with E-state index in [1.165, 1.54) is 0 Å². The van der Waals surface area contributed by atoms with E-state index in [0.29, 0.717) is 17.7 Å². The number of hydrogen-bond donors (Lipinski definition) is 2. The molecule has 0 bridgehead atoms. The first-order chi connectivity index (χ1) is 9.15. The summed E-state index contributed by atoms with van der Waals surface area (Å²) in [5, 5.41) is 3.79. The standard InChI is InChI=1S/C13H19ClN4O/c14-12-3-1-2-10(17-12)8-18(9-13(15)19)11-4-6-16-7-5-11/h1-3,11,16H,4-9H2,(H2,15,19). The molecule has 19 heavy (non-hydrogen) atoms. The minimum absolute atomic E-state index is 0.263. The molecule has 3 N–H and O–H groups in total. The van der Waals surface area contributed by atoms with E-state index in [1.54, 1.807) is 6.07 Å². The molecule has 0 atom stereocenters. The van der Waals surface area contributed by atoms with Crippen LogP contribution in [0.3, 0.4) is 0 Å². The van der Waals surface area contributed by atoms with Gasteiger partial charge in [0, 0.05) is 12.6 Å². The number of halogens is 1. The van der Waals surface area contributed by atoms with Gasteiger partial charge in [0.1, 0.15) is 5.15 Å². The smallest absolute Gasteiger partial charge is 0.231 e. The van der Waals surface area contributed by atoms with Gasteiger partial charge >= 0.3 is 0 Å². The molecule has 0 aromatic carbocycles. The maximum atomic E-state index is 11.2. The van der Waals surface area contributed by atoms with Gasteiger partial charge in [-0.05, 0) is 38.1 Å². The van der Waals surface area contributed by atoms with Gasteiger partial charge in [-0.2, -0.15) is 0 Å². The van der Waals surface area contributed by atoms with Crippen molar-refractivity contribution in [1.29, 1.82) is 0 Å². The number of carbonyl (C=O) groups is 1. The summed E-state index contributed by atoms with van der Waals surface area (Å²) in [7, 11) is 0. The fourth-order valence-electron chi connectivity index (χ4n) is 2.43. The van der Waals surface area contributed by atoms with Gasteiger partial charge in [0.2, 0.25) is 5.91 Å². The molecule has 104 valence electrons. The molecule has 1 aliphatic heterocycles. The van der Waals surface area contributed by atoms with E-state index in [2.05, 4.69) is 15.2 Å². The first kappa shape index (κ1) is 14.2. The Morgan fingerprint density at radius 3 is 2.84 bits per heavy atom. The molecular weight excluding hydrogens is 264 g/mol. The van der Waals surface area contributed by atoms with Crippen LogP contribution in [0.15, 0.2) is 18.2 Å². The largest absolute Gasteiger partial charge is 0.369 e. The SMILES string of the molecule is NC(=O)CN(Cc1cccc(Cl)n1)C1CCNCC1. The monoisotopic (exact) mass is 282 g/mol. The van der Waals surface area contributed by atoms with Gasteiger partial charge in [-0.1, -0.05) is 17.7 Å². The summed E-state index contributed by atoms with van der Waals surface area (Å²) in [5.74, 6) is -0.305. The van der Waals surface area contributed by atoms with Crippen LogP contribution < -0.4 is 11.1 Å². The third kappa shape index (κ3) is 4.45. The van der Waals surface area contributed by atoms with Gasteiger partial charge in [-0.15, -0.1) is 0 Å². The molecule has 1 aromatic rings. The second-order valence-electron chi connectivity index (χ2n) is 4.80. The molecule has 6 heteroatoms. The number of nitrogens with zero attached hydrogens (tertiary/aromatic N) is 2. The number of rotatable bonds is 5. The van der Waals surface area contributed by atoms with Crippen LogP contribution in [0.2, 0.25) is 5.15 Å². The number of carbonyl (C=O) groups excluding carboxylic acids is 1. The van der Waals surface area contributed by atoms with Crippen molar-refractivity contribution in [2.45, 2.75) is 25.4 Å². The minimum atomic E-state index is -0.305. The van der Waals surface area contributed by atoms with Crippen molar-refractivity contribution in [2.24, 2.45) is 5.73 Å². The Balaban J connectivity index is 2.06. The summed E-state index contributed by atoms with van der Waals surface area (Å²) in [6, 6.07) is 5.90. The maximum absolute atomic E-state index is 11.2. The Labute approximate surface area is 118 Å². The normalized spacial score (nSPS) is 16.7. The van der Waals surface area contributed by atoms with Gasteiger partial charge in [0.15, 0.2) is 0 Å². The number of nitrogens with two attached hydrogens (primary N) is 1. The summed E-state index contributed by atoms with van der Waals surface area (Å²) >= 11 is 5.89. The average Bonchev–Trinajstić information content (AvgIpc) is 2.38. The van der Waals surface area contributed by atoms with Crippen molar-refractivity contribution in [1.82, 2.24) is 15.2 Å². The van der Waals surface area contributed by atoms with E-state index in [-0.39, 0.29) is 12.5 Å². The summed E-state index contributed by atoms with van der Waals surface area (Å²) < 4.78 is 0. The fraction of sp³-hybridized carbons (Fsp3) is 0.538. The Morgan fingerprint density at radius 1 is 1.47 bits per heavy atom. The molecule has 1 fully saturated rings. The van der Waals surface area contributed by atoms with Crippen molar-refractivity contribution in [3.05, 3.63) is 29.0 Å². The molecule has 0 saturated carbocycles. The topological polar surface area (TPSA) is 71.2 Å². The van der Waals surface area contributed by atoms with Crippen LogP contribution in [-0.2, 0) is 11.3 Å². The number of amides is 1. The highest BCUT2D eigenvalue weighted by Gasteiger charge is 2.22. The lowest BCUT2D eigenvalue weighted by molar-refractivity contribution is -0.120. The Hall–Kier alpha value is -1.17. The van der Waals surface area contributed by atoms with Crippen LogP contribution in [0.25, 0.3) is 0 Å². The van der Waals surface area contributed by atoms with Crippen LogP contribution in [0.4, 0.5) is 0 Å². The lowest BCUT2D eigenvalue weighted by atomic mass is 10.0. The van der Waals surface area contributed by atoms with E-state index in [9.17, 15) is 4.79 Å². The second kappa shape index (κ2) is 6.84. The molecule has 2 rings (SSSR count). The zero-order valence-electron chi connectivity index (χ0n) is 10.8. The zero-order chi connectivity index (χ0) is 13.7. The van der Waals surface area contributed by atoms with Crippen LogP contribution in [0.5, 0.6) is 0 Å². The average molecular weight is 283 g/mol. The molecule has 1 aromatic heterocycles. The van der Waals surface area contributed by atoms with Crippen molar-refractivity contribution in [3.63, 3.8) is 0 Å². The van der Waals surface area contributed by atoms with Crippen LogP contribution in [0, 0.1) is 0 Å². The summed E-state index contributed by atoms with van der Waals surface area (Å²) in [4.78, 5) is 17.6. The van der Waals surface area contributed by atoms with Crippen molar-refractivity contribution < 1.29 is 4.79 Å². The Bertz CT molecular complexity index is 434. The first-order valence-corrected chi connectivity index (χ1v) is 6.87. The van der Waals surface area contributed by atoms with E-state index in [0.717, 1.165) is 31.6 Å². The summed E-state index contributed by atoms with van der Waals surface area (Å²) in [5.41, 5.74) is 6.21. The molecule has 5 nitrogen and oxygen atoms in total. The first-order valence-electron chi connectivity index (χ1n) is 6.49. The highest BCUT2D eigenvalue weighted by molar-refractivity contribution is 6.29. The maximum Gasteiger partial charge on any atom is 0.231 e. The number of hydrogen-bond acceptors (Lipinski definition) is 4. The van der Waals surface area contributed by atoms with Gasteiger partial charge in [0.05, 0.1) is 12.2 Å². The molecule has 0 spiro atoms. The minimum Gasteiger partial charge on any atom is -0.369 e. The number of pyridine rings is 1. The number of primary amides is 1. The van der Waals surface area contributed by atoms with Crippen LogP contribution in [0.1, 0.15) is 18.5 Å². The van der Waals surface area contributed by atoms with Crippen LogP contribution in [-0.4, -0.2) is 41.5 Å². The van der Waals surface area contributed by atoms with Crippen molar-refractivity contribution in [2.75, 3.05) is 19.6 Å². The summed E-state index contributed by atoms with van der Waals surface area (Å²) in [6.45, 7) is 2.82. The van der Waals surface area contributed by atoms with Crippen LogP contribution >= 0.6 is 11.6 Å². The number of nitrogens with one attached hydrogen (secondary N) is 1. The molecule has 1 saturated heterocycles. The molecule has 0 radical (unpaired) electrons. The lowest BCUT2D eigenvalue weighted by Gasteiger charge is -2.33. The lowest BCUT2D eigenvalue weighted by Crippen LogP contribution is -2.46. The molecule has 0 aliphatic carbocycles. The predicted octanol–water partition coefficient (Wildman–Crippen LogP) is 0.774.